The summed E-state index contributed by atoms with van der Waals surface area (Å²) in [5.41, 5.74) is 3.81. The standard InChI is InChI=1S/C22H15FN2OS2/c23-16-9-5-14(6-10-16)19-13-27-22(26)25(19)17-11-7-15(8-12-17)21-24-18-3-1-2-4-20(18)28-21/h1-12,19H,13H2. The van der Waals surface area contributed by atoms with Crippen molar-refractivity contribution >= 4 is 44.2 Å². The molecule has 0 saturated carbocycles. The van der Waals surface area contributed by atoms with Gasteiger partial charge in [0.15, 0.2) is 0 Å². The van der Waals surface area contributed by atoms with Gasteiger partial charge in [-0.15, -0.1) is 11.3 Å². The van der Waals surface area contributed by atoms with Crippen LogP contribution in [-0.4, -0.2) is 16.0 Å². The minimum Gasteiger partial charge on any atom is -0.295 e. The molecule has 0 spiro atoms. The van der Waals surface area contributed by atoms with E-state index in [1.807, 2.05) is 42.5 Å². The van der Waals surface area contributed by atoms with Crippen LogP contribution in [0.2, 0.25) is 0 Å². The van der Waals surface area contributed by atoms with Gasteiger partial charge < -0.3 is 0 Å². The smallest absolute Gasteiger partial charge is 0.286 e. The molecule has 3 aromatic carbocycles. The molecule has 1 aliphatic rings. The monoisotopic (exact) mass is 406 g/mol. The van der Waals surface area contributed by atoms with Gasteiger partial charge in [0, 0.05) is 17.0 Å². The van der Waals surface area contributed by atoms with Gasteiger partial charge in [0.1, 0.15) is 10.8 Å². The van der Waals surface area contributed by atoms with Crippen molar-refractivity contribution < 1.29 is 9.18 Å². The summed E-state index contributed by atoms with van der Waals surface area (Å²) in [5, 5.41) is 0.979. The van der Waals surface area contributed by atoms with Gasteiger partial charge >= 0.3 is 0 Å². The van der Waals surface area contributed by atoms with Crippen LogP contribution in [0.3, 0.4) is 0 Å². The quantitative estimate of drug-likeness (QED) is 0.388. The van der Waals surface area contributed by atoms with Gasteiger partial charge in [-0.3, -0.25) is 9.69 Å². The third-order valence-corrected chi connectivity index (χ3v) is 6.83. The minimum atomic E-state index is -0.271. The van der Waals surface area contributed by atoms with E-state index in [2.05, 4.69) is 6.07 Å². The Kier molecular flexibility index (Phi) is 4.37. The molecule has 28 heavy (non-hydrogen) atoms. The predicted molar refractivity (Wildman–Crippen MR) is 115 cm³/mol. The molecular weight excluding hydrogens is 391 g/mol. The Morgan fingerprint density at radius 3 is 2.46 bits per heavy atom. The second-order valence-electron chi connectivity index (χ2n) is 6.55. The highest BCUT2D eigenvalue weighted by Crippen LogP contribution is 2.40. The Hall–Kier alpha value is -2.70. The van der Waals surface area contributed by atoms with Gasteiger partial charge in [-0.25, -0.2) is 9.37 Å². The number of thiazole rings is 1. The first kappa shape index (κ1) is 17.4. The first-order valence-electron chi connectivity index (χ1n) is 8.86. The van der Waals surface area contributed by atoms with Crippen molar-refractivity contribution in [3.63, 3.8) is 0 Å². The molecule has 1 fully saturated rings. The van der Waals surface area contributed by atoms with Crippen LogP contribution in [-0.2, 0) is 0 Å². The van der Waals surface area contributed by atoms with E-state index in [1.54, 1.807) is 28.4 Å². The van der Waals surface area contributed by atoms with E-state index in [4.69, 9.17) is 4.98 Å². The third kappa shape index (κ3) is 3.08. The maximum Gasteiger partial charge on any atom is 0.286 e. The first-order valence-corrected chi connectivity index (χ1v) is 10.7. The number of halogens is 1. The number of amides is 1. The fourth-order valence-electron chi connectivity index (χ4n) is 3.40. The molecule has 0 aliphatic carbocycles. The average molecular weight is 407 g/mol. The van der Waals surface area contributed by atoms with Gasteiger partial charge in [0.25, 0.3) is 5.24 Å². The number of hydrogen-bond donors (Lipinski definition) is 0. The van der Waals surface area contributed by atoms with Crippen LogP contribution in [0.1, 0.15) is 11.6 Å². The van der Waals surface area contributed by atoms with E-state index in [0.717, 1.165) is 32.0 Å². The Labute approximate surface area is 169 Å². The largest absolute Gasteiger partial charge is 0.295 e. The van der Waals surface area contributed by atoms with Crippen molar-refractivity contribution in [1.29, 1.82) is 0 Å². The molecule has 0 bridgehead atoms. The van der Waals surface area contributed by atoms with Gasteiger partial charge in [0.2, 0.25) is 0 Å². The average Bonchev–Trinajstić information content (AvgIpc) is 3.32. The highest BCUT2D eigenvalue weighted by atomic mass is 32.2. The van der Waals surface area contributed by atoms with Crippen molar-refractivity contribution in [2.75, 3.05) is 10.7 Å². The van der Waals surface area contributed by atoms with Gasteiger partial charge in [-0.05, 0) is 54.1 Å². The van der Waals surface area contributed by atoms with Gasteiger partial charge in [-0.2, -0.15) is 0 Å². The van der Waals surface area contributed by atoms with Crippen LogP contribution in [0.25, 0.3) is 20.8 Å². The molecule has 5 rings (SSSR count). The van der Waals surface area contributed by atoms with E-state index in [1.165, 1.54) is 23.9 Å². The number of benzene rings is 3. The van der Waals surface area contributed by atoms with E-state index < -0.39 is 0 Å². The summed E-state index contributed by atoms with van der Waals surface area (Å²) in [7, 11) is 0. The molecule has 1 saturated heterocycles. The van der Waals surface area contributed by atoms with Crippen LogP contribution in [0.4, 0.5) is 14.9 Å². The lowest BCUT2D eigenvalue weighted by molar-refractivity contribution is 0.265. The van der Waals surface area contributed by atoms with Crippen molar-refractivity contribution in [3.05, 3.63) is 84.2 Å². The minimum absolute atomic E-state index is 0.0158. The molecule has 3 nitrogen and oxygen atoms in total. The van der Waals surface area contributed by atoms with E-state index >= 15 is 0 Å². The molecular formula is C22H15FN2OS2. The topological polar surface area (TPSA) is 33.2 Å². The SMILES string of the molecule is O=C1SCC(c2ccc(F)cc2)N1c1ccc(-c2nc3ccccc3s2)cc1. The number of fused-ring (bicyclic) bond motifs is 1. The number of nitrogens with zero attached hydrogens (tertiary/aromatic N) is 2. The number of carbonyl (C=O) groups is 1. The lowest BCUT2D eigenvalue weighted by Gasteiger charge is -2.24. The molecule has 0 radical (unpaired) electrons. The maximum atomic E-state index is 13.3. The highest BCUT2D eigenvalue weighted by molar-refractivity contribution is 8.14. The summed E-state index contributed by atoms with van der Waals surface area (Å²) < 4.78 is 14.4. The van der Waals surface area contributed by atoms with Crippen LogP contribution < -0.4 is 4.90 Å². The molecule has 138 valence electrons. The Morgan fingerprint density at radius 1 is 0.964 bits per heavy atom. The summed E-state index contributed by atoms with van der Waals surface area (Å²) >= 11 is 2.95. The molecule has 2 heterocycles. The first-order chi connectivity index (χ1) is 13.7. The fraction of sp³-hybridized carbons (Fsp3) is 0.0909. The Balaban J connectivity index is 1.46. The van der Waals surface area contributed by atoms with Crippen molar-refractivity contribution in [3.8, 4) is 10.6 Å². The molecule has 1 unspecified atom stereocenters. The molecule has 1 amide bonds. The zero-order chi connectivity index (χ0) is 19.1. The summed E-state index contributed by atoms with van der Waals surface area (Å²) in [4.78, 5) is 19.0. The van der Waals surface area contributed by atoms with E-state index in [9.17, 15) is 9.18 Å². The number of thioether (sulfide) groups is 1. The van der Waals surface area contributed by atoms with Crippen LogP contribution in [0.15, 0.2) is 72.8 Å². The predicted octanol–water partition coefficient (Wildman–Crippen LogP) is 6.52. The molecule has 0 N–H and O–H groups in total. The summed E-state index contributed by atoms with van der Waals surface area (Å²) in [6, 6.07) is 22.3. The van der Waals surface area contributed by atoms with E-state index in [-0.39, 0.29) is 17.1 Å². The van der Waals surface area contributed by atoms with Crippen LogP contribution in [0.5, 0.6) is 0 Å². The second-order valence-corrected chi connectivity index (χ2v) is 8.55. The lowest BCUT2D eigenvalue weighted by atomic mass is 10.1. The van der Waals surface area contributed by atoms with Crippen molar-refractivity contribution in [1.82, 2.24) is 4.98 Å². The van der Waals surface area contributed by atoms with Crippen LogP contribution >= 0.6 is 23.1 Å². The maximum absolute atomic E-state index is 13.3. The number of aromatic nitrogens is 1. The number of rotatable bonds is 3. The summed E-state index contributed by atoms with van der Waals surface area (Å²) in [6.07, 6.45) is 0. The Bertz CT molecular complexity index is 1120. The molecule has 1 atom stereocenters. The molecule has 4 aromatic rings. The van der Waals surface area contributed by atoms with Crippen molar-refractivity contribution in [2.45, 2.75) is 6.04 Å². The zero-order valence-electron chi connectivity index (χ0n) is 14.7. The third-order valence-electron chi connectivity index (χ3n) is 4.81. The molecule has 1 aromatic heterocycles. The normalized spacial score (nSPS) is 16.8. The summed E-state index contributed by atoms with van der Waals surface area (Å²) in [6.45, 7) is 0. The highest BCUT2D eigenvalue weighted by Gasteiger charge is 2.34. The second kappa shape index (κ2) is 7.04. The van der Waals surface area contributed by atoms with Gasteiger partial charge in [-0.1, -0.05) is 36.0 Å². The number of carbonyl (C=O) groups excluding carboxylic acids is 1. The zero-order valence-corrected chi connectivity index (χ0v) is 16.3. The number of para-hydroxylation sites is 1. The lowest BCUT2D eigenvalue weighted by Crippen LogP contribution is -2.26. The van der Waals surface area contributed by atoms with Crippen LogP contribution in [0, 0.1) is 5.82 Å². The Morgan fingerprint density at radius 2 is 1.71 bits per heavy atom. The van der Waals surface area contributed by atoms with Gasteiger partial charge in [0.05, 0.1) is 16.3 Å². The van der Waals surface area contributed by atoms with E-state index in [0.29, 0.717) is 5.75 Å². The molecule has 1 aliphatic heterocycles. The number of anilines is 1. The fourth-order valence-corrected chi connectivity index (χ4v) is 5.38. The number of hydrogen-bond acceptors (Lipinski definition) is 4. The van der Waals surface area contributed by atoms with Crippen molar-refractivity contribution in [2.24, 2.45) is 0 Å². The molecule has 6 heteroatoms. The summed E-state index contributed by atoms with van der Waals surface area (Å²) in [5.74, 6) is 0.386.